The number of aryl methyl sites for hydroxylation is 2. The molecule has 0 unspecified atom stereocenters. The van der Waals surface area contributed by atoms with Gasteiger partial charge in [0, 0.05) is 24.3 Å². The molecular formula is C38H62N4O8. The van der Waals surface area contributed by atoms with E-state index in [1.54, 1.807) is 24.3 Å². The van der Waals surface area contributed by atoms with E-state index in [1.807, 2.05) is 24.3 Å². The molecule has 12 heteroatoms. The van der Waals surface area contributed by atoms with Gasteiger partial charge in [-0.05, 0) is 103 Å². The zero-order valence-electron chi connectivity index (χ0n) is 30.9. The molecule has 2 N–H and O–H groups in total. The Bertz CT molecular complexity index is 1100. The van der Waals surface area contributed by atoms with E-state index in [-0.39, 0.29) is 21.2 Å². The highest BCUT2D eigenvalue weighted by Gasteiger charge is 2.06. The highest BCUT2D eigenvalue weighted by atomic mass is 16.6. The Balaban J connectivity index is 0.000000826. The maximum atomic E-state index is 10.6. The van der Waals surface area contributed by atoms with Gasteiger partial charge in [-0.1, -0.05) is 89.5 Å². The van der Waals surface area contributed by atoms with Crippen LogP contribution in [0.4, 0.5) is 11.4 Å². The lowest BCUT2D eigenvalue weighted by molar-refractivity contribution is -0.385. The molecular weight excluding hydrogens is 640 g/mol. The van der Waals surface area contributed by atoms with Gasteiger partial charge in [-0.2, -0.15) is 0 Å². The molecule has 0 heterocycles. The van der Waals surface area contributed by atoms with Crippen LogP contribution in [0.25, 0.3) is 0 Å². The molecule has 2 rings (SSSR count). The zero-order chi connectivity index (χ0) is 37.6. The maximum Gasteiger partial charge on any atom is 0.414 e. The molecule has 12 nitrogen and oxygen atoms in total. The molecule has 0 saturated heterocycles. The fourth-order valence-electron chi connectivity index (χ4n) is 5.18. The molecule has 2 aromatic carbocycles. The molecule has 0 aliphatic rings. The van der Waals surface area contributed by atoms with E-state index < -0.39 is 11.9 Å². The van der Waals surface area contributed by atoms with Gasteiger partial charge in [-0.15, -0.1) is 0 Å². The molecule has 0 aromatic heterocycles. The quantitative estimate of drug-likeness (QED) is 0.0467. The summed E-state index contributed by atoms with van der Waals surface area (Å²) in [6.45, 7) is 9.16. The van der Waals surface area contributed by atoms with Crippen LogP contribution in [0.1, 0.15) is 115 Å². The largest absolute Gasteiger partial charge is 0.473 e. The van der Waals surface area contributed by atoms with Gasteiger partial charge in [0.2, 0.25) is 0 Å². The first-order valence-electron chi connectivity index (χ1n) is 18.2. The van der Waals surface area contributed by atoms with Crippen molar-refractivity contribution in [3.8, 4) is 0 Å². The van der Waals surface area contributed by atoms with E-state index in [0.717, 1.165) is 38.8 Å². The van der Waals surface area contributed by atoms with E-state index in [4.69, 9.17) is 19.8 Å². The minimum atomic E-state index is -1.82. The highest BCUT2D eigenvalue weighted by Crippen LogP contribution is 2.15. The minimum absolute atomic E-state index is 0.173. The number of benzene rings is 2. The van der Waals surface area contributed by atoms with Gasteiger partial charge in [0.05, 0.1) is 9.85 Å². The van der Waals surface area contributed by atoms with E-state index >= 15 is 0 Å². The number of hydrogen-bond donors (Lipinski definition) is 2. The molecule has 0 atom stereocenters. The summed E-state index contributed by atoms with van der Waals surface area (Å²) in [5, 5.41) is 36.0. The summed E-state index contributed by atoms with van der Waals surface area (Å²) in [7, 11) is 4.40. The van der Waals surface area contributed by atoms with Gasteiger partial charge >= 0.3 is 11.9 Å². The fraction of sp³-hybridized carbons (Fsp3) is 0.632. The van der Waals surface area contributed by atoms with Crippen LogP contribution < -0.4 is 0 Å². The third kappa shape index (κ3) is 26.0. The maximum absolute atomic E-state index is 10.6. The monoisotopic (exact) mass is 702 g/mol. The molecule has 0 amide bonds. The number of unbranched alkanes of at least 4 members (excludes halogenated alkanes) is 10. The van der Waals surface area contributed by atoms with Gasteiger partial charge in [0.15, 0.2) is 0 Å². The number of nitrogens with zero attached hydrogens (tertiary/aromatic N) is 4. The number of carboxylic acids is 2. The summed E-state index contributed by atoms with van der Waals surface area (Å²) < 4.78 is 0. The standard InChI is InChI=1S/2C18H30N2O2.C2H2O4/c2*1-3-4-5-6-8-15-19(2)16-9-7-10-17-11-13-18(14-12-17)20(21)22;3-1(4)2(5)6/h2*11-14H,3-10,15-16H2,1-2H3;(H,3,4)(H,5,6). The summed E-state index contributed by atoms with van der Waals surface area (Å²) in [6, 6.07) is 13.9. The zero-order valence-corrected chi connectivity index (χ0v) is 30.9. The predicted octanol–water partition coefficient (Wildman–Crippen LogP) is 8.80. The number of carboxylic acid groups (broad SMARTS) is 2. The topological polar surface area (TPSA) is 167 Å². The third-order valence-electron chi connectivity index (χ3n) is 8.27. The van der Waals surface area contributed by atoms with Crippen molar-refractivity contribution in [2.75, 3.05) is 40.3 Å². The van der Waals surface area contributed by atoms with E-state index in [2.05, 4.69) is 37.7 Å². The molecule has 0 radical (unpaired) electrons. The molecule has 0 bridgehead atoms. The van der Waals surface area contributed by atoms with Crippen molar-refractivity contribution < 1.29 is 29.6 Å². The first-order valence-corrected chi connectivity index (χ1v) is 18.2. The molecule has 0 aliphatic heterocycles. The third-order valence-corrected chi connectivity index (χ3v) is 8.27. The lowest BCUT2D eigenvalue weighted by Gasteiger charge is -2.16. The summed E-state index contributed by atoms with van der Waals surface area (Å²) >= 11 is 0. The van der Waals surface area contributed by atoms with Crippen LogP contribution in [0, 0.1) is 20.2 Å². The second-order valence-electron chi connectivity index (χ2n) is 12.8. The number of non-ortho nitro benzene ring substituents is 2. The molecule has 0 aliphatic carbocycles. The molecule has 2 aromatic rings. The molecule has 50 heavy (non-hydrogen) atoms. The SMILES string of the molecule is CCCCCCCN(C)CCCCc1ccc([N+](=O)[O-])cc1.CCCCCCCN(C)CCCCc1ccc([N+](=O)[O-])cc1.O=C(O)C(=O)O. The summed E-state index contributed by atoms with van der Waals surface area (Å²) in [5.74, 6) is -3.65. The van der Waals surface area contributed by atoms with Crippen LogP contribution in [-0.4, -0.2) is 82.1 Å². The fourth-order valence-corrected chi connectivity index (χ4v) is 5.18. The molecule has 0 spiro atoms. The second-order valence-corrected chi connectivity index (χ2v) is 12.8. The van der Waals surface area contributed by atoms with E-state index in [0.29, 0.717) is 0 Å². The van der Waals surface area contributed by atoms with Crippen molar-refractivity contribution >= 4 is 23.3 Å². The van der Waals surface area contributed by atoms with E-state index in [9.17, 15) is 20.2 Å². The number of nitro benzene ring substituents is 2. The Kier molecular flexibility index (Phi) is 27.6. The number of hydrogen-bond acceptors (Lipinski definition) is 8. The lowest BCUT2D eigenvalue weighted by atomic mass is 10.1. The first kappa shape index (κ1) is 46.1. The van der Waals surface area contributed by atoms with Crippen LogP contribution in [0.3, 0.4) is 0 Å². The van der Waals surface area contributed by atoms with Crippen LogP contribution in [-0.2, 0) is 22.4 Å². The average Bonchev–Trinajstić information content (AvgIpc) is 3.09. The van der Waals surface area contributed by atoms with Crippen molar-refractivity contribution in [2.45, 2.75) is 117 Å². The van der Waals surface area contributed by atoms with Gasteiger partial charge < -0.3 is 20.0 Å². The van der Waals surface area contributed by atoms with Crippen molar-refractivity contribution in [3.63, 3.8) is 0 Å². The Morgan fingerprint density at radius 3 is 1.06 bits per heavy atom. The van der Waals surface area contributed by atoms with Crippen molar-refractivity contribution in [1.29, 1.82) is 0 Å². The smallest absolute Gasteiger partial charge is 0.414 e. The second kappa shape index (κ2) is 30.0. The van der Waals surface area contributed by atoms with Crippen molar-refractivity contribution in [3.05, 3.63) is 79.9 Å². The Morgan fingerprint density at radius 2 is 0.800 bits per heavy atom. The normalized spacial score (nSPS) is 10.6. The number of nitro groups is 2. The average molecular weight is 703 g/mol. The summed E-state index contributed by atoms with van der Waals surface area (Å²) in [6.07, 6.45) is 20.0. The van der Waals surface area contributed by atoms with Gasteiger partial charge in [0.25, 0.3) is 11.4 Å². The Labute approximate surface area is 299 Å². The number of aliphatic carboxylic acids is 2. The van der Waals surface area contributed by atoms with Gasteiger partial charge in [-0.3, -0.25) is 20.2 Å². The van der Waals surface area contributed by atoms with Gasteiger partial charge in [-0.25, -0.2) is 9.59 Å². The number of rotatable bonds is 24. The number of carbonyl (C=O) groups is 2. The minimum Gasteiger partial charge on any atom is -0.473 e. The van der Waals surface area contributed by atoms with Crippen LogP contribution in [0.5, 0.6) is 0 Å². The molecule has 0 saturated carbocycles. The highest BCUT2D eigenvalue weighted by molar-refractivity contribution is 6.27. The van der Waals surface area contributed by atoms with Crippen molar-refractivity contribution in [2.24, 2.45) is 0 Å². The van der Waals surface area contributed by atoms with E-state index in [1.165, 1.54) is 101 Å². The van der Waals surface area contributed by atoms with Crippen molar-refractivity contribution in [1.82, 2.24) is 9.80 Å². The lowest BCUT2D eigenvalue weighted by Crippen LogP contribution is -2.21. The summed E-state index contributed by atoms with van der Waals surface area (Å²) in [5.41, 5.74) is 2.72. The summed E-state index contributed by atoms with van der Waals surface area (Å²) in [4.78, 5) is 43.5. The first-order chi connectivity index (χ1) is 23.9. The predicted molar refractivity (Wildman–Crippen MR) is 200 cm³/mol. The van der Waals surface area contributed by atoms with Crippen LogP contribution in [0.2, 0.25) is 0 Å². The van der Waals surface area contributed by atoms with Crippen LogP contribution in [0.15, 0.2) is 48.5 Å². The van der Waals surface area contributed by atoms with Crippen LogP contribution >= 0.6 is 0 Å². The molecule has 0 fully saturated rings. The molecule has 282 valence electrons. The van der Waals surface area contributed by atoms with Gasteiger partial charge in [0.1, 0.15) is 0 Å². The Hall–Kier alpha value is -3.90. The Morgan fingerprint density at radius 1 is 0.520 bits per heavy atom.